The van der Waals surface area contributed by atoms with Crippen LogP contribution in [0.2, 0.25) is 0 Å². The van der Waals surface area contributed by atoms with Crippen molar-refractivity contribution >= 4 is 17.9 Å². The number of amides is 2. The number of hydrogen-bond donors (Lipinski definition) is 2. The van der Waals surface area contributed by atoms with Gasteiger partial charge in [0.05, 0.1) is 0 Å². The first-order chi connectivity index (χ1) is 9.58. The third-order valence-corrected chi connectivity index (χ3v) is 2.89. The first-order valence-electron chi connectivity index (χ1n) is 6.56. The molecule has 0 radical (unpaired) electrons. The van der Waals surface area contributed by atoms with Crippen LogP contribution in [-0.2, 0) is 4.79 Å². The summed E-state index contributed by atoms with van der Waals surface area (Å²) in [6.45, 7) is 3.10. The number of hydrogen-bond acceptors (Lipinski definition) is 3. The minimum Gasteiger partial charge on any atom is -0.396 e. The molecule has 0 atom stereocenters. The summed E-state index contributed by atoms with van der Waals surface area (Å²) in [5.74, 6) is -0.572. The van der Waals surface area contributed by atoms with Gasteiger partial charge >= 0.3 is 0 Å². The maximum absolute atomic E-state index is 11.9. The topological polar surface area (TPSA) is 83.6 Å². The van der Waals surface area contributed by atoms with Crippen molar-refractivity contribution in [2.45, 2.75) is 13.3 Å². The largest absolute Gasteiger partial charge is 0.396 e. The van der Waals surface area contributed by atoms with E-state index in [2.05, 4.69) is 0 Å². The average Bonchev–Trinajstić information content (AvgIpc) is 2.46. The third-order valence-electron chi connectivity index (χ3n) is 2.89. The maximum Gasteiger partial charge on any atom is 0.248 e. The van der Waals surface area contributed by atoms with Crippen LogP contribution in [0, 0.1) is 0 Å². The minimum atomic E-state index is -0.474. The zero-order chi connectivity index (χ0) is 15.0. The first-order valence-corrected chi connectivity index (χ1v) is 6.56. The van der Waals surface area contributed by atoms with Crippen molar-refractivity contribution in [2.24, 2.45) is 5.73 Å². The van der Waals surface area contributed by atoms with E-state index in [0.29, 0.717) is 25.1 Å². The predicted octanol–water partition coefficient (Wildman–Crippen LogP) is 1.03. The summed E-state index contributed by atoms with van der Waals surface area (Å²) in [5, 5.41) is 8.78. The zero-order valence-corrected chi connectivity index (χ0v) is 11.6. The molecule has 0 aliphatic rings. The Morgan fingerprint density at radius 2 is 1.95 bits per heavy atom. The van der Waals surface area contributed by atoms with Gasteiger partial charge in [-0.15, -0.1) is 0 Å². The van der Waals surface area contributed by atoms with Crippen molar-refractivity contribution in [3.8, 4) is 0 Å². The molecular weight excluding hydrogens is 256 g/mol. The van der Waals surface area contributed by atoms with Gasteiger partial charge in [0.2, 0.25) is 11.8 Å². The van der Waals surface area contributed by atoms with Crippen molar-refractivity contribution in [2.75, 3.05) is 19.7 Å². The molecule has 0 bridgehead atoms. The fourth-order valence-corrected chi connectivity index (χ4v) is 1.72. The summed E-state index contributed by atoms with van der Waals surface area (Å²) in [6.07, 6.45) is 3.75. The fourth-order valence-electron chi connectivity index (χ4n) is 1.72. The van der Waals surface area contributed by atoms with Gasteiger partial charge in [-0.25, -0.2) is 0 Å². The molecule has 3 N–H and O–H groups in total. The molecular formula is C15H20N2O3. The number of nitrogens with zero attached hydrogens (tertiary/aromatic N) is 1. The van der Waals surface area contributed by atoms with E-state index in [9.17, 15) is 9.59 Å². The SMILES string of the molecule is CCN(CCCO)C(=O)/C=C/c1ccc(C(N)=O)cc1. The smallest absolute Gasteiger partial charge is 0.248 e. The van der Waals surface area contributed by atoms with E-state index in [0.717, 1.165) is 5.56 Å². The zero-order valence-electron chi connectivity index (χ0n) is 11.6. The highest BCUT2D eigenvalue weighted by Crippen LogP contribution is 2.06. The number of carbonyl (C=O) groups excluding carboxylic acids is 2. The first kappa shape index (κ1) is 15.9. The molecule has 20 heavy (non-hydrogen) atoms. The van der Waals surface area contributed by atoms with Gasteiger partial charge in [0.25, 0.3) is 0 Å². The normalized spacial score (nSPS) is 10.7. The summed E-state index contributed by atoms with van der Waals surface area (Å²) < 4.78 is 0. The number of primary amides is 1. The average molecular weight is 276 g/mol. The Hall–Kier alpha value is -2.14. The van der Waals surface area contributed by atoms with Crippen LogP contribution in [0.5, 0.6) is 0 Å². The second-order valence-corrected chi connectivity index (χ2v) is 4.31. The molecule has 0 unspecified atom stereocenters. The quantitative estimate of drug-likeness (QED) is 0.730. The molecule has 1 aromatic rings. The Morgan fingerprint density at radius 1 is 1.30 bits per heavy atom. The molecule has 5 heteroatoms. The lowest BCUT2D eigenvalue weighted by Crippen LogP contribution is -2.30. The molecule has 0 aliphatic carbocycles. The van der Waals surface area contributed by atoms with Gasteiger partial charge in [-0.05, 0) is 37.1 Å². The van der Waals surface area contributed by atoms with E-state index in [1.165, 1.54) is 6.08 Å². The highest BCUT2D eigenvalue weighted by molar-refractivity contribution is 5.94. The van der Waals surface area contributed by atoms with Crippen LogP contribution in [0.15, 0.2) is 30.3 Å². The van der Waals surface area contributed by atoms with Crippen LogP contribution in [0.25, 0.3) is 6.08 Å². The molecule has 5 nitrogen and oxygen atoms in total. The second-order valence-electron chi connectivity index (χ2n) is 4.31. The number of aliphatic hydroxyl groups excluding tert-OH is 1. The van der Waals surface area contributed by atoms with E-state index >= 15 is 0 Å². The van der Waals surface area contributed by atoms with Crippen molar-refractivity contribution in [3.63, 3.8) is 0 Å². The van der Waals surface area contributed by atoms with Crippen LogP contribution in [0.1, 0.15) is 29.3 Å². The monoisotopic (exact) mass is 276 g/mol. The van der Waals surface area contributed by atoms with E-state index in [1.54, 1.807) is 35.2 Å². The van der Waals surface area contributed by atoms with Crippen LogP contribution in [0.3, 0.4) is 0 Å². The van der Waals surface area contributed by atoms with Gasteiger partial charge in [-0.1, -0.05) is 12.1 Å². The Labute approximate surface area is 118 Å². The van der Waals surface area contributed by atoms with Crippen molar-refractivity contribution in [1.29, 1.82) is 0 Å². The lowest BCUT2D eigenvalue weighted by Gasteiger charge is -2.18. The summed E-state index contributed by atoms with van der Waals surface area (Å²) in [5.41, 5.74) is 6.41. The van der Waals surface area contributed by atoms with Gasteiger partial charge < -0.3 is 15.7 Å². The van der Waals surface area contributed by atoms with Crippen LogP contribution in [0.4, 0.5) is 0 Å². The van der Waals surface area contributed by atoms with Crippen molar-refractivity contribution in [1.82, 2.24) is 4.90 Å². The molecule has 0 heterocycles. The molecule has 0 fully saturated rings. The van der Waals surface area contributed by atoms with Gasteiger partial charge in [0.1, 0.15) is 0 Å². The van der Waals surface area contributed by atoms with Crippen molar-refractivity contribution < 1.29 is 14.7 Å². The summed E-state index contributed by atoms with van der Waals surface area (Å²) in [7, 11) is 0. The van der Waals surface area contributed by atoms with Gasteiger partial charge in [0, 0.05) is 31.3 Å². The molecule has 0 aromatic heterocycles. The number of likely N-dealkylation sites (N-methyl/N-ethyl adjacent to an activating group) is 1. The summed E-state index contributed by atoms with van der Waals surface area (Å²) in [6, 6.07) is 6.70. The molecule has 0 saturated carbocycles. The number of rotatable bonds is 7. The Kier molecular flexibility index (Phi) is 6.46. The molecule has 1 aromatic carbocycles. The lowest BCUT2D eigenvalue weighted by molar-refractivity contribution is -0.125. The molecule has 0 aliphatic heterocycles. The molecule has 1 rings (SSSR count). The number of nitrogens with two attached hydrogens (primary N) is 1. The summed E-state index contributed by atoms with van der Waals surface area (Å²) in [4.78, 5) is 24.5. The predicted molar refractivity (Wildman–Crippen MR) is 78.0 cm³/mol. The maximum atomic E-state index is 11.9. The highest BCUT2D eigenvalue weighted by atomic mass is 16.3. The molecule has 0 saturated heterocycles. The van der Waals surface area contributed by atoms with E-state index in [-0.39, 0.29) is 12.5 Å². The molecule has 2 amide bonds. The second kappa shape index (κ2) is 8.12. The Morgan fingerprint density at radius 3 is 2.45 bits per heavy atom. The van der Waals surface area contributed by atoms with E-state index in [1.807, 2.05) is 6.92 Å². The fraction of sp³-hybridized carbons (Fsp3) is 0.333. The summed E-state index contributed by atoms with van der Waals surface area (Å²) >= 11 is 0. The standard InChI is InChI=1S/C15H20N2O3/c1-2-17(10-3-11-18)14(19)9-6-12-4-7-13(8-5-12)15(16)20/h4-9,18H,2-3,10-11H2,1H3,(H2,16,20)/b9-6+. The lowest BCUT2D eigenvalue weighted by atomic mass is 10.1. The molecule has 108 valence electrons. The van der Waals surface area contributed by atoms with Gasteiger partial charge in [-0.3, -0.25) is 9.59 Å². The Bertz CT molecular complexity index is 480. The Balaban J connectivity index is 2.66. The van der Waals surface area contributed by atoms with Gasteiger partial charge in [0.15, 0.2) is 0 Å². The highest BCUT2D eigenvalue weighted by Gasteiger charge is 2.07. The minimum absolute atomic E-state index is 0.0715. The number of benzene rings is 1. The van der Waals surface area contributed by atoms with Crippen LogP contribution >= 0.6 is 0 Å². The van der Waals surface area contributed by atoms with E-state index in [4.69, 9.17) is 10.8 Å². The van der Waals surface area contributed by atoms with Gasteiger partial charge in [-0.2, -0.15) is 0 Å². The van der Waals surface area contributed by atoms with Crippen molar-refractivity contribution in [3.05, 3.63) is 41.5 Å². The van der Waals surface area contributed by atoms with Crippen LogP contribution in [-0.4, -0.2) is 41.5 Å². The molecule has 0 spiro atoms. The number of aliphatic hydroxyl groups is 1. The van der Waals surface area contributed by atoms with Crippen LogP contribution < -0.4 is 5.73 Å². The third kappa shape index (κ3) is 4.85. The van der Waals surface area contributed by atoms with E-state index < -0.39 is 5.91 Å². The number of carbonyl (C=O) groups is 2.